The average molecular weight is 385 g/mol. The molecule has 6 nitrogen and oxygen atoms in total. The molecule has 1 aromatic carbocycles. The van der Waals surface area contributed by atoms with Crippen molar-refractivity contribution >= 4 is 29.1 Å². The average Bonchev–Trinajstić information content (AvgIpc) is 3.26. The molecular formula is C20H23N3O3S. The Morgan fingerprint density at radius 1 is 0.963 bits per heavy atom. The summed E-state index contributed by atoms with van der Waals surface area (Å²) in [6, 6.07) is 10.8. The Labute approximate surface area is 162 Å². The first kappa shape index (κ1) is 19.1. The molecule has 0 unspecified atom stereocenters. The van der Waals surface area contributed by atoms with Gasteiger partial charge in [-0.25, -0.2) is 0 Å². The van der Waals surface area contributed by atoms with Gasteiger partial charge in [0.25, 0.3) is 11.8 Å². The van der Waals surface area contributed by atoms with E-state index in [-0.39, 0.29) is 24.3 Å². The van der Waals surface area contributed by atoms with E-state index in [9.17, 15) is 14.4 Å². The van der Waals surface area contributed by atoms with Gasteiger partial charge in [-0.05, 0) is 48.4 Å². The maximum absolute atomic E-state index is 12.4. The summed E-state index contributed by atoms with van der Waals surface area (Å²) in [5, 5.41) is 7.17. The Morgan fingerprint density at radius 2 is 1.70 bits per heavy atom. The molecule has 2 N–H and O–H groups in total. The fourth-order valence-corrected chi connectivity index (χ4v) is 3.60. The van der Waals surface area contributed by atoms with Crippen LogP contribution >= 0.6 is 11.3 Å². The van der Waals surface area contributed by atoms with E-state index in [1.807, 2.05) is 22.4 Å². The molecule has 0 saturated carbocycles. The lowest BCUT2D eigenvalue weighted by Gasteiger charge is -2.26. The monoisotopic (exact) mass is 385 g/mol. The van der Waals surface area contributed by atoms with E-state index in [4.69, 9.17) is 0 Å². The predicted molar refractivity (Wildman–Crippen MR) is 105 cm³/mol. The number of hydrogen-bond donors (Lipinski definition) is 2. The van der Waals surface area contributed by atoms with E-state index >= 15 is 0 Å². The number of piperidine rings is 1. The third-order valence-corrected chi connectivity index (χ3v) is 5.36. The van der Waals surface area contributed by atoms with Crippen LogP contribution in [0.3, 0.4) is 0 Å². The second-order valence-corrected chi connectivity index (χ2v) is 7.43. The van der Waals surface area contributed by atoms with Crippen LogP contribution in [0.2, 0.25) is 0 Å². The Bertz CT molecular complexity index is 781. The molecule has 3 amide bonds. The van der Waals surface area contributed by atoms with Crippen LogP contribution in [-0.4, -0.2) is 42.3 Å². The molecule has 0 radical (unpaired) electrons. The van der Waals surface area contributed by atoms with E-state index in [1.165, 1.54) is 17.8 Å². The van der Waals surface area contributed by atoms with Gasteiger partial charge in [0, 0.05) is 25.2 Å². The lowest BCUT2D eigenvalue weighted by atomic mass is 10.1. The summed E-state index contributed by atoms with van der Waals surface area (Å²) in [7, 11) is 0. The number of nitrogens with one attached hydrogen (secondary N) is 2. The fraction of sp³-hybridized carbons (Fsp3) is 0.350. The Morgan fingerprint density at radius 3 is 2.37 bits per heavy atom. The predicted octanol–water partition coefficient (Wildman–Crippen LogP) is 2.42. The quantitative estimate of drug-likeness (QED) is 0.802. The maximum Gasteiger partial charge on any atom is 0.261 e. The molecule has 0 aliphatic carbocycles. The van der Waals surface area contributed by atoms with Gasteiger partial charge in [-0.3, -0.25) is 14.4 Å². The first-order valence-electron chi connectivity index (χ1n) is 9.10. The van der Waals surface area contributed by atoms with E-state index in [0.29, 0.717) is 17.0 Å². The van der Waals surface area contributed by atoms with Crippen molar-refractivity contribution in [2.24, 2.45) is 0 Å². The summed E-state index contributed by atoms with van der Waals surface area (Å²) in [5.74, 6) is -0.435. The second-order valence-electron chi connectivity index (χ2n) is 6.49. The van der Waals surface area contributed by atoms with Crippen molar-refractivity contribution in [3.05, 3.63) is 57.8 Å². The molecule has 7 heteroatoms. The number of hydrogen-bond acceptors (Lipinski definition) is 4. The highest BCUT2D eigenvalue weighted by Gasteiger charge is 2.17. The maximum atomic E-state index is 12.4. The van der Waals surface area contributed by atoms with Crippen LogP contribution in [0.15, 0.2) is 41.8 Å². The molecule has 1 aliphatic heterocycles. The number of carbonyl (C=O) groups is 3. The Balaban J connectivity index is 1.43. The van der Waals surface area contributed by atoms with Crippen molar-refractivity contribution in [2.75, 3.05) is 19.6 Å². The van der Waals surface area contributed by atoms with Crippen LogP contribution in [0.25, 0.3) is 0 Å². The molecule has 2 heterocycles. The second kappa shape index (κ2) is 9.32. The normalized spacial score (nSPS) is 13.9. The van der Waals surface area contributed by atoms with Gasteiger partial charge in [-0.2, -0.15) is 0 Å². The summed E-state index contributed by atoms with van der Waals surface area (Å²) in [5.41, 5.74) is 1.58. The molecular weight excluding hydrogens is 362 g/mol. The minimum absolute atomic E-state index is 0.0672. The summed E-state index contributed by atoms with van der Waals surface area (Å²) >= 11 is 1.33. The number of amides is 3. The summed E-state index contributed by atoms with van der Waals surface area (Å²) < 4.78 is 0. The van der Waals surface area contributed by atoms with Gasteiger partial charge in [0.15, 0.2) is 0 Å². The number of thiophene rings is 1. The molecule has 2 aromatic rings. The van der Waals surface area contributed by atoms with Gasteiger partial charge in [0.2, 0.25) is 5.91 Å². The fourth-order valence-electron chi connectivity index (χ4n) is 2.96. The zero-order chi connectivity index (χ0) is 19.1. The van der Waals surface area contributed by atoms with E-state index in [2.05, 4.69) is 10.6 Å². The van der Waals surface area contributed by atoms with Crippen molar-refractivity contribution in [3.8, 4) is 0 Å². The van der Waals surface area contributed by atoms with E-state index in [0.717, 1.165) is 31.5 Å². The summed E-state index contributed by atoms with van der Waals surface area (Å²) in [6.45, 7) is 1.94. The van der Waals surface area contributed by atoms with Gasteiger partial charge in [-0.1, -0.05) is 18.2 Å². The van der Waals surface area contributed by atoms with Crippen molar-refractivity contribution < 1.29 is 14.4 Å². The highest BCUT2D eigenvalue weighted by Crippen LogP contribution is 2.14. The smallest absolute Gasteiger partial charge is 0.261 e. The number of rotatable bonds is 6. The molecule has 1 fully saturated rings. The molecule has 142 valence electrons. The number of nitrogens with zero attached hydrogens (tertiary/aromatic N) is 1. The third-order valence-electron chi connectivity index (χ3n) is 4.49. The van der Waals surface area contributed by atoms with Gasteiger partial charge < -0.3 is 15.5 Å². The van der Waals surface area contributed by atoms with Crippen LogP contribution < -0.4 is 10.6 Å². The molecule has 1 aliphatic rings. The van der Waals surface area contributed by atoms with Crippen LogP contribution in [0, 0.1) is 0 Å². The van der Waals surface area contributed by atoms with Gasteiger partial charge in [0.05, 0.1) is 11.4 Å². The van der Waals surface area contributed by atoms with Gasteiger partial charge >= 0.3 is 0 Å². The first-order valence-corrected chi connectivity index (χ1v) is 9.98. The zero-order valence-corrected chi connectivity index (χ0v) is 15.9. The number of benzene rings is 1. The van der Waals surface area contributed by atoms with Crippen molar-refractivity contribution in [1.82, 2.24) is 15.5 Å². The summed E-state index contributed by atoms with van der Waals surface area (Å²) in [4.78, 5) is 38.6. The molecule has 1 saturated heterocycles. The largest absolute Gasteiger partial charge is 0.350 e. The first-order chi connectivity index (χ1) is 13.1. The van der Waals surface area contributed by atoms with Crippen LogP contribution in [0.1, 0.15) is 44.9 Å². The standard InChI is InChI=1S/C20H23N3O3S/c24-18(14-22-19(25)17-5-4-12-27-17)21-13-15-6-8-16(9-7-15)20(26)23-10-2-1-3-11-23/h4-9,12H,1-3,10-11,13-14H2,(H,21,24)(H,22,25). The minimum Gasteiger partial charge on any atom is -0.350 e. The topological polar surface area (TPSA) is 78.5 Å². The molecule has 0 spiro atoms. The number of likely N-dealkylation sites (tertiary alicyclic amines) is 1. The lowest BCUT2D eigenvalue weighted by Crippen LogP contribution is -2.36. The zero-order valence-electron chi connectivity index (χ0n) is 15.1. The van der Waals surface area contributed by atoms with Crippen LogP contribution in [-0.2, 0) is 11.3 Å². The van der Waals surface area contributed by atoms with Gasteiger partial charge in [-0.15, -0.1) is 11.3 Å². The van der Waals surface area contributed by atoms with Crippen molar-refractivity contribution in [2.45, 2.75) is 25.8 Å². The third kappa shape index (κ3) is 5.40. The molecule has 3 rings (SSSR count). The van der Waals surface area contributed by atoms with E-state index in [1.54, 1.807) is 24.3 Å². The van der Waals surface area contributed by atoms with Crippen LogP contribution in [0.4, 0.5) is 0 Å². The molecule has 27 heavy (non-hydrogen) atoms. The highest BCUT2D eigenvalue weighted by molar-refractivity contribution is 7.12. The molecule has 0 bridgehead atoms. The lowest BCUT2D eigenvalue weighted by molar-refractivity contribution is -0.120. The van der Waals surface area contributed by atoms with Crippen LogP contribution in [0.5, 0.6) is 0 Å². The minimum atomic E-state index is -0.256. The Kier molecular flexibility index (Phi) is 6.59. The highest BCUT2D eigenvalue weighted by atomic mass is 32.1. The van der Waals surface area contributed by atoms with Crippen molar-refractivity contribution in [3.63, 3.8) is 0 Å². The van der Waals surface area contributed by atoms with Crippen molar-refractivity contribution in [1.29, 1.82) is 0 Å². The SMILES string of the molecule is O=C(CNC(=O)c1cccs1)NCc1ccc(C(=O)N2CCCCC2)cc1. The number of carbonyl (C=O) groups excluding carboxylic acids is 3. The summed E-state index contributed by atoms with van der Waals surface area (Å²) in [6.07, 6.45) is 3.33. The molecule has 1 aromatic heterocycles. The molecule has 0 atom stereocenters. The Hall–Kier alpha value is -2.67. The van der Waals surface area contributed by atoms with E-state index < -0.39 is 0 Å². The van der Waals surface area contributed by atoms with Gasteiger partial charge in [0.1, 0.15) is 0 Å².